The second kappa shape index (κ2) is 10.1. The maximum Gasteiger partial charge on any atom is 0.258 e. The van der Waals surface area contributed by atoms with Gasteiger partial charge in [-0.3, -0.25) is 19.4 Å². The average molecular weight is 491 g/mol. The lowest BCUT2D eigenvalue weighted by Gasteiger charge is -2.47. The quantitative estimate of drug-likeness (QED) is 0.660. The van der Waals surface area contributed by atoms with E-state index in [1.165, 1.54) is 17.7 Å². The molecule has 7 heteroatoms. The van der Waals surface area contributed by atoms with Crippen molar-refractivity contribution in [1.82, 2.24) is 19.3 Å². The maximum absolute atomic E-state index is 13.9. The van der Waals surface area contributed by atoms with Gasteiger partial charge in [-0.25, -0.2) is 0 Å². The number of amides is 1. The molecule has 4 aliphatic rings. The highest BCUT2D eigenvalue weighted by Gasteiger charge is 2.38. The van der Waals surface area contributed by atoms with Gasteiger partial charge in [0.1, 0.15) is 0 Å². The van der Waals surface area contributed by atoms with Gasteiger partial charge in [-0.2, -0.15) is 0 Å². The lowest BCUT2D eigenvalue weighted by Crippen LogP contribution is -2.53. The van der Waals surface area contributed by atoms with Crippen molar-refractivity contribution in [3.8, 4) is 11.1 Å². The number of piperidine rings is 2. The second-order valence-electron chi connectivity index (χ2n) is 11.1. The number of fused-ring (bicyclic) bond motifs is 4. The van der Waals surface area contributed by atoms with Crippen molar-refractivity contribution in [3.05, 3.63) is 58.0 Å². The van der Waals surface area contributed by atoms with Crippen molar-refractivity contribution in [2.75, 3.05) is 52.5 Å². The Balaban J connectivity index is 1.23. The largest absolute Gasteiger partial charge is 0.379 e. The van der Waals surface area contributed by atoms with Crippen LogP contribution in [0.4, 0.5) is 0 Å². The first kappa shape index (κ1) is 23.9. The molecule has 0 spiro atoms. The zero-order valence-corrected chi connectivity index (χ0v) is 21.4. The van der Waals surface area contributed by atoms with E-state index < -0.39 is 0 Å². The molecule has 4 aliphatic heterocycles. The van der Waals surface area contributed by atoms with Crippen molar-refractivity contribution in [2.24, 2.45) is 5.92 Å². The van der Waals surface area contributed by atoms with E-state index >= 15 is 0 Å². The minimum absolute atomic E-state index is 0.167. The minimum Gasteiger partial charge on any atom is -0.379 e. The first-order valence-corrected chi connectivity index (χ1v) is 13.7. The molecule has 2 bridgehead atoms. The third-order valence-corrected chi connectivity index (χ3v) is 8.86. The topological polar surface area (TPSA) is 58.0 Å². The van der Waals surface area contributed by atoms with Crippen molar-refractivity contribution in [2.45, 2.75) is 51.2 Å². The van der Waals surface area contributed by atoms with Crippen molar-refractivity contribution >= 4 is 5.91 Å². The van der Waals surface area contributed by atoms with E-state index in [0.717, 1.165) is 89.5 Å². The fourth-order valence-corrected chi connectivity index (χ4v) is 6.95. The molecule has 0 unspecified atom stereocenters. The Morgan fingerprint density at radius 2 is 1.72 bits per heavy atom. The Hall–Kier alpha value is -2.48. The smallest absolute Gasteiger partial charge is 0.258 e. The van der Waals surface area contributed by atoms with Gasteiger partial charge in [-0.1, -0.05) is 24.3 Å². The van der Waals surface area contributed by atoms with E-state index in [2.05, 4.69) is 44.7 Å². The summed E-state index contributed by atoms with van der Waals surface area (Å²) in [5, 5.41) is 0. The summed E-state index contributed by atoms with van der Waals surface area (Å²) in [7, 11) is 0. The minimum atomic E-state index is 0.167. The Morgan fingerprint density at radius 1 is 0.944 bits per heavy atom. The predicted octanol–water partition coefficient (Wildman–Crippen LogP) is 2.78. The molecule has 2 aromatic rings. The highest BCUT2D eigenvalue weighted by Crippen LogP contribution is 2.38. The fraction of sp³-hybridized carbons (Fsp3) is 0.586. The van der Waals surface area contributed by atoms with Gasteiger partial charge in [0.05, 0.1) is 13.2 Å². The standard InChI is InChI=1S/C29H38N4O3/c1-21(34)31-10-8-25(9-11-31)32-17-22-16-24(20-32)28-7-6-27(29(35)33(28)18-22)26-5-3-2-4-23(26)19-30-12-14-36-15-13-30/h2-7,22,24-25H,8-20H2,1H3/t22-,24+/m0/s1. The van der Waals surface area contributed by atoms with Crippen LogP contribution in [0.25, 0.3) is 11.1 Å². The van der Waals surface area contributed by atoms with Crippen LogP contribution in [0.1, 0.15) is 43.4 Å². The van der Waals surface area contributed by atoms with Crippen molar-refractivity contribution in [1.29, 1.82) is 0 Å². The molecule has 6 rings (SSSR count). The molecule has 36 heavy (non-hydrogen) atoms. The van der Waals surface area contributed by atoms with E-state index in [0.29, 0.717) is 17.9 Å². The van der Waals surface area contributed by atoms with Gasteiger partial charge >= 0.3 is 0 Å². The Bertz CT molecular complexity index is 1160. The summed E-state index contributed by atoms with van der Waals surface area (Å²) in [5.74, 6) is 1.12. The van der Waals surface area contributed by atoms with Crippen LogP contribution in [0.5, 0.6) is 0 Å². The lowest BCUT2D eigenvalue weighted by molar-refractivity contribution is -0.130. The highest BCUT2D eigenvalue weighted by atomic mass is 16.5. The summed E-state index contributed by atoms with van der Waals surface area (Å²) < 4.78 is 7.61. The molecule has 0 saturated carbocycles. The van der Waals surface area contributed by atoms with Gasteiger partial charge in [-0.05, 0) is 48.4 Å². The molecule has 1 aromatic heterocycles. The number of carbonyl (C=O) groups is 1. The van der Waals surface area contributed by atoms with E-state index in [-0.39, 0.29) is 11.5 Å². The molecule has 192 valence electrons. The fourth-order valence-electron chi connectivity index (χ4n) is 6.95. The van der Waals surface area contributed by atoms with Gasteiger partial charge in [0.25, 0.3) is 5.56 Å². The number of rotatable bonds is 4. The predicted molar refractivity (Wildman–Crippen MR) is 140 cm³/mol. The number of benzene rings is 1. The van der Waals surface area contributed by atoms with Gasteiger partial charge in [-0.15, -0.1) is 0 Å². The monoisotopic (exact) mass is 490 g/mol. The summed E-state index contributed by atoms with van der Waals surface area (Å²) >= 11 is 0. The van der Waals surface area contributed by atoms with Crippen molar-refractivity contribution < 1.29 is 9.53 Å². The van der Waals surface area contributed by atoms with Gasteiger partial charge in [0.15, 0.2) is 0 Å². The molecule has 2 atom stereocenters. The molecule has 3 saturated heterocycles. The second-order valence-corrected chi connectivity index (χ2v) is 11.1. The van der Waals surface area contributed by atoms with E-state index in [1.54, 1.807) is 6.92 Å². The first-order valence-electron chi connectivity index (χ1n) is 13.7. The highest BCUT2D eigenvalue weighted by molar-refractivity contribution is 5.73. The SMILES string of the molecule is CC(=O)N1CCC(N2C[C@@H]3C[C@H](C2)c2ccc(-c4ccccc4CN4CCOCC4)c(=O)n2C3)CC1. The summed E-state index contributed by atoms with van der Waals surface area (Å²) in [6.07, 6.45) is 3.30. The molecule has 0 aliphatic carbocycles. The van der Waals surface area contributed by atoms with Gasteiger partial charge < -0.3 is 14.2 Å². The number of nitrogens with zero attached hydrogens (tertiary/aromatic N) is 4. The molecule has 3 fully saturated rings. The molecular formula is C29H38N4O3. The van der Waals surface area contributed by atoms with Crippen LogP contribution in [0, 0.1) is 5.92 Å². The Kier molecular flexibility index (Phi) is 6.71. The normalized spacial score (nSPS) is 25.5. The van der Waals surface area contributed by atoms with E-state index in [1.807, 2.05) is 11.0 Å². The number of carbonyl (C=O) groups excluding carboxylic acids is 1. The van der Waals surface area contributed by atoms with Gasteiger partial charge in [0.2, 0.25) is 5.91 Å². The van der Waals surface area contributed by atoms with Crippen LogP contribution < -0.4 is 5.56 Å². The van der Waals surface area contributed by atoms with Crippen LogP contribution >= 0.6 is 0 Å². The maximum atomic E-state index is 13.9. The molecule has 0 radical (unpaired) electrons. The number of likely N-dealkylation sites (tertiary alicyclic amines) is 2. The van der Waals surface area contributed by atoms with E-state index in [9.17, 15) is 9.59 Å². The lowest BCUT2D eigenvalue weighted by atomic mass is 9.81. The number of pyridine rings is 1. The number of hydrogen-bond donors (Lipinski definition) is 0. The van der Waals surface area contributed by atoms with E-state index in [4.69, 9.17) is 4.74 Å². The number of ether oxygens (including phenoxy) is 1. The van der Waals surface area contributed by atoms with Gasteiger partial charge in [0, 0.05) is 82.5 Å². The third-order valence-electron chi connectivity index (χ3n) is 8.86. The Labute approximate surface area is 213 Å². The molecule has 1 amide bonds. The van der Waals surface area contributed by atoms with Crippen LogP contribution in [0.3, 0.4) is 0 Å². The third kappa shape index (κ3) is 4.64. The number of hydrogen-bond acceptors (Lipinski definition) is 5. The molecule has 5 heterocycles. The first-order chi connectivity index (χ1) is 17.6. The Morgan fingerprint density at radius 3 is 2.50 bits per heavy atom. The van der Waals surface area contributed by atoms with Crippen LogP contribution in [0.2, 0.25) is 0 Å². The summed E-state index contributed by atoms with van der Waals surface area (Å²) in [6, 6.07) is 13.3. The number of morpholine rings is 1. The molecule has 7 nitrogen and oxygen atoms in total. The zero-order valence-electron chi connectivity index (χ0n) is 21.4. The molecular weight excluding hydrogens is 452 g/mol. The number of aromatic nitrogens is 1. The summed E-state index contributed by atoms with van der Waals surface area (Å²) in [5.41, 5.74) is 4.49. The van der Waals surface area contributed by atoms with Crippen LogP contribution in [-0.2, 0) is 22.6 Å². The van der Waals surface area contributed by atoms with Crippen LogP contribution in [-0.4, -0.2) is 83.7 Å². The van der Waals surface area contributed by atoms with Crippen LogP contribution in [0.15, 0.2) is 41.2 Å². The summed E-state index contributed by atoms with van der Waals surface area (Å²) in [4.78, 5) is 32.6. The summed E-state index contributed by atoms with van der Waals surface area (Å²) in [6.45, 7) is 10.6. The van der Waals surface area contributed by atoms with Crippen molar-refractivity contribution in [3.63, 3.8) is 0 Å². The average Bonchev–Trinajstić information content (AvgIpc) is 2.90. The molecule has 1 aromatic carbocycles. The zero-order chi connectivity index (χ0) is 24.6. The molecule has 0 N–H and O–H groups in total.